The Morgan fingerprint density at radius 3 is 2.81 bits per heavy atom. The Bertz CT molecular complexity index is 464. The van der Waals surface area contributed by atoms with Gasteiger partial charge in [-0.25, -0.2) is 9.97 Å². The van der Waals surface area contributed by atoms with Gasteiger partial charge in [0, 0.05) is 0 Å². The first-order valence-electron chi connectivity index (χ1n) is 5.03. The van der Waals surface area contributed by atoms with Gasteiger partial charge in [0.05, 0.1) is 25.1 Å². The van der Waals surface area contributed by atoms with E-state index >= 15 is 0 Å². The lowest BCUT2D eigenvalue weighted by molar-refractivity contribution is -0.0472. The lowest BCUT2D eigenvalue weighted by Gasteiger charge is -2.08. The Hall–Kier alpha value is -1.72. The maximum absolute atomic E-state index is 5.38. The molecule has 0 aliphatic carbocycles. The summed E-state index contributed by atoms with van der Waals surface area (Å²) in [6, 6.07) is 5.58. The predicted octanol–water partition coefficient (Wildman–Crippen LogP) is 1.78. The Labute approximate surface area is 92.0 Å². The van der Waals surface area contributed by atoms with E-state index in [-0.39, 0.29) is 6.29 Å². The molecule has 0 radical (unpaired) electrons. The minimum atomic E-state index is -0.366. The minimum absolute atomic E-state index is 0.366. The number of hydrogen-bond acceptors (Lipinski definition) is 5. The second-order valence-corrected chi connectivity index (χ2v) is 3.36. The minimum Gasteiger partial charge on any atom is -0.443 e. The second-order valence-electron chi connectivity index (χ2n) is 3.36. The molecule has 1 fully saturated rings. The summed E-state index contributed by atoms with van der Waals surface area (Å²) in [7, 11) is 0. The summed E-state index contributed by atoms with van der Waals surface area (Å²) in [4.78, 5) is 8.43. The van der Waals surface area contributed by atoms with Crippen molar-refractivity contribution in [2.24, 2.45) is 0 Å². The number of aromatic nitrogens is 2. The van der Waals surface area contributed by atoms with Crippen LogP contribution in [0.25, 0.3) is 11.6 Å². The molecule has 0 spiro atoms. The summed E-state index contributed by atoms with van der Waals surface area (Å²) in [5, 5.41) is 0. The highest BCUT2D eigenvalue weighted by Crippen LogP contribution is 2.23. The monoisotopic (exact) mass is 218 g/mol. The standard InChI is InChI=1S/C11H10N2O3/c1-2-8(10-12-4-5-14-10)13-9(3-1)11-15-6-7-16-11/h1-5,11H,6-7H2. The zero-order valence-corrected chi connectivity index (χ0v) is 8.50. The number of nitrogens with zero attached hydrogens (tertiary/aromatic N) is 2. The van der Waals surface area contributed by atoms with Gasteiger partial charge >= 0.3 is 0 Å². The summed E-state index contributed by atoms with van der Waals surface area (Å²) < 4.78 is 15.9. The lowest BCUT2D eigenvalue weighted by atomic mass is 10.3. The molecule has 2 aromatic rings. The van der Waals surface area contributed by atoms with Crippen LogP contribution in [-0.2, 0) is 9.47 Å². The van der Waals surface area contributed by atoms with Gasteiger partial charge in [-0.05, 0) is 12.1 Å². The fourth-order valence-corrected chi connectivity index (χ4v) is 1.58. The van der Waals surface area contributed by atoms with Crippen molar-refractivity contribution in [3.63, 3.8) is 0 Å². The van der Waals surface area contributed by atoms with Crippen molar-refractivity contribution >= 4 is 0 Å². The molecule has 1 aliphatic heterocycles. The van der Waals surface area contributed by atoms with Crippen LogP contribution in [0.2, 0.25) is 0 Å². The van der Waals surface area contributed by atoms with Gasteiger partial charge in [0.2, 0.25) is 12.2 Å². The summed E-state index contributed by atoms with van der Waals surface area (Å²) in [6.45, 7) is 1.21. The quantitative estimate of drug-likeness (QED) is 0.769. The van der Waals surface area contributed by atoms with Gasteiger partial charge in [-0.3, -0.25) is 0 Å². The Morgan fingerprint density at radius 2 is 2.06 bits per heavy atom. The van der Waals surface area contributed by atoms with Crippen molar-refractivity contribution in [2.75, 3.05) is 13.2 Å². The van der Waals surface area contributed by atoms with Crippen LogP contribution in [0.4, 0.5) is 0 Å². The SMILES string of the molecule is c1cc(-c2ncco2)nc(C2OCCO2)c1. The highest BCUT2D eigenvalue weighted by Gasteiger charge is 2.20. The van der Waals surface area contributed by atoms with Crippen LogP contribution in [0.1, 0.15) is 12.0 Å². The Morgan fingerprint density at radius 1 is 1.19 bits per heavy atom. The van der Waals surface area contributed by atoms with Crippen molar-refractivity contribution in [3.05, 3.63) is 36.4 Å². The molecule has 0 unspecified atom stereocenters. The summed E-state index contributed by atoms with van der Waals surface area (Å²) in [6.07, 6.45) is 2.74. The van der Waals surface area contributed by atoms with Crippen molar-refractivity contribution in [1.82, 2.24) is 9.97 Å². The van der Waals surface area contributed by atoms with Crippen molar-refractivity contribution in [3.8, 4) is 11.6 Å². The largest absolute Gasteiger partial charge is 0.443 e. The zero-order chi connectivity index (χ0) is 10.8. The van der Waals surface area contributed by atoms with E-state index in [2.05, 4.69) is 9.97 Å². The molecule has 0 atom stereocenters. The molecule has 16 heavy (non-hydrogen) atoms. The maximum Gasteiger partial charge on any atom is 0.244 e. The molecule has 82 valence electrons. The molecule has 1 aliphatic rings. The molecule has 5 heteroatoms. The molecular formula is C11H10N2O3. The molecule has 2 aromatic heterocycles. The molecule has 0 amide bonds. The van der Waals surface area contributed by atoms with Crippen LogP contribution in [-0.4, -0.2) is 23.2 Å². The van der Waals surface area contributed by atoms with Crippen LogP contribution in [0.5, 0.6) is 0 Å². The lowest BCUT2D eigenvalue weighted by Crippen LogP contribution is -2.01. The molecule has 5 nitrogen and oxygen atoms in total. The van der Waals surface area contributed by atoms with Gasteiger partial charge in [-0.1, -0.05) is 6.07 Å². The average molecular weight is 218 g/mol. The summed E-state index contributed by atoms with van der Waals surface area (Å²) in [5.74, 6) is 0.500. The first-order valence-corrected chi connectivity index (χ1v) is 5.03. The van der Waals surface area contributed by atoms with Crippen LogP contribution in [0, 0.1) is 0 Å². The molecule has 0 N–H and O–H groups in total. The van der Waals surface area contributed by atoms with Crippen molar-refractivity contribution in [1.29, 1.82) is 0 Å². The highest BCUT2D eigenvalue weighted by atomic mass is 16.7. The van der Waals surface area contributed by atoms with Crippen molar-refractivity contribution in [2.45, 2.75) is 6.29 Å². The van der Waals surface area contributed by atoms with E-state index in [9.17, 15) is 0 Å². The van der Waals surface area contributed by atoms with Gasteiger partial charge in [0.15, 0.2) is 0 Å². The third-order valence-electron chi connectivity index (χ3n) is 2.29. The van der Waals surface area contributed by atoms with E-state index in [1.165, 1.54) is 6.26 Å². The first-order chi connectivity index (χ1) is 7.93. The van der Waals surface area contributed by atoms with Crippen LogP contribution >= 0.6 is 0 Å². The van der Waals surface area contributed by atoms with Gasteiger partial charge < -0.3 is 13.9 Å². The fraction of sp³-hybridized carbons (Fsp3) is 0.273. The number of ether oxygens (including phenoxy) is 2. The van der Waals surface area contributed by atoms with E-state index in [1.54, 1.807) is 6.20 Å². The Kier molecular flexibility index (Phi) is 2.40. The van der Waals surface area contributed by atoms with Gasteiger partial charge in [-0.2, -0.15) is 0 Å². The molecule has 3 rings (SSSR count). The van der Waals surface area contributed by atoms with Gasteiger partial charge in [0.1, 0.15) is 12.0 Å². The molecule has 0 bridgehead atoms. The van der Waals surface area contributed by atoms with Gasteiger partial charge in [0.25, 0.3) is 0 Å². The highest BCUT2D eigenvalue weighted by molar-refractivity contribution is 5.46. The topological polar surface area (TPSA) is 57.4 Å². The van der Waals surface area contributed by atoms with E-state index in [0.717, 1.165) is 5.69 Å². The second kappa shape index (κ2) is 4.03. The smallest absolute Gasteiger partial charge is 0.244 e. The third-order valence-corrected chi connectivity index (χ3v) is 2.29. The summed E-state index contributed by atoms with van der Waals surface area (Å²) in [5.41, 5.74) is 1.43. The van der Waals surface area contributed by atoms with E-state index < -0.39 is 0 Å². The number of hydrogen-bond donors (Lipinski definition) is 0. The van der Waals surface area contributed by atoms with E-state index in [4.69, 9.17) is 13.9 Å². The number of pyridine rings is 1. The predicted molar refractivity (Wildman–Crippen MR) is 54.4 cm³/mol. The average Bonchev–Trinajstić information content (AvgIpc) is 3.03. The van der Waals surface area contributed by atoms with Crippen LogP contribution in [0.15, 0.2) is 35.1 Å². The molecular weight excluding hydrogens is 208 g/mol. The fourth-order valence-electron chi connectivity index (χ4n) is 1.58. The Balaban J connectivity index is 1.93. The first kappa shape index (κ1) is 9.50. The normalized spacial score (nSPS) is 16.8. The maximum atomic E-state index is 5.38. The third kappa shape index (κ3) is 1.70. The number of oxazole rings is 1. The molecule has 3 heterocycles. The molecule has 0 aromatic carbocycles. The summed E-state index contributed by atoms with van der Waals surface area (Å²) >= 11 is 0. The zero-order valence-electron chi connectivity index (χ0n) is 8.50. The molecule has 0 saturated carbocycles. The number of rotatable bonds is 2. The van der Waals surface area contributed by atoms with Crippen LogP contribution in [0.3, 0.4) is 0 Å². The van der Waals surface area contributed by atoms with E-state index in [0.29, 0.717) is 24.8 Å². The van der Waals surface area contributed by atoms with E-state index in [1.807, 2.05) is 18.2 Å². The molecule has 1 saturated heterocycles. The van der Waals surface area contributed by atoms with Crippen LogP contribution < -0.4 is 0 Å². The van der Waals surface area contributed by atoms with Gasteiger partial charge in [-0.15, -0.1) is 0 Å². The van der Waals surface area contributed by atoms with Crippen molar-refractivity contribution < 1.29 is 13.9 Å².